The van der Waals surface area contributed by atoms with Crippen LogP contribution in [0, 0.1) is 0 Å². The fraction of sp³-hybridized carbons (Fsp3) is 0.500. The summed E-state index contributed by atoms with van der Waals surface area (Å²) in [5, 5.41) is 2.78. The van der Waals surface area contributed by atoms with Gasteiger partial charge in [-0.15, -0.1) is 0 Å². The summed E-state index contributed by atoms with van der Waals surface area (Å²) in [5.74, 6) is -5.65. The SMILES string of the molecule is CCOP(=O)(OCC)[C@@H](C(=O)OCc1ccccc1)N1C(=O)[C@@H](NC(=O)Cc2ccccc2)[C@H]1CCC1(COC(C)=O)OCCO1. The number of nitrogens with one attached hydrogen (secondary N) is 1. The standard InChI is InChI=1S/C32H41N2O11P/c1-4-44-46(39,45-5-2)30(31(38)40-21-25-14-10-7-11-15-25)34-26(16-17-32(22-41-23(3)35)42-18-19-43-32)28(29(34)37)33-27(36)20-24-12-8-6-9-13-24/h6-15,26,28,30H,4-5,16-22H2,1-3H3,(H,33,36)/t26-,28+,30+/m1/s1. The molecule has 0 aliphatic carbocycles. The van der Waals surface area contributed by atoms with E-state index in [2.05, 4.69) is 5.32 Å². The fourth-order valence-electron chi connectivity index (χ4n) is 5.45. The van der Waals surface area contributed by atoms with E-state index in [-0.39, 0.29) is 58.9 Å². The molecule has 0 radical (unpaired) electrons. The zero-order valence-electron chi connectivity index (χ0n) is 26.3. The molecule has 2 fully saturated rings. The molecule has 0 bridgehead atoms. The molecule has 13 nitrogen and oxygen atoms in total. The number of hydrogen-bond donors (Lipinski definition) is 1. The van der Waals surface area contributed by atoms with Crippen LogP contribution in [0.25, 0.3) is 0 Å². The Morgan fingerprint density at radius 2 is 1.54 bits per heavy atom. The predicted molar refractivity (Wildman–Crippen MR) is 164 cm³/mol. The second kappa shape index (κ2) is 16.3. The summed E-state index contributed by atoms with van der Waals surface area (Å²) in [6.07, 6.45) is 0.224. The van der Waals surface area contributed by atoms with Crippen molar-refractivity contribution in [2.24, 2.45) is 0 Å². The third kappa shape index (κ3) is 8.80. The Kier molecular flexibility index (Phi) is 12.5. The summed E-state index contributed by atoms with van der Waals surface area (Å²) >= 11 is 0. The van der Waals surface area contributed by atoms with Gasteiger partial charge in [-0.05, 0) is 31.4 Å². The number of hydrogen-bond acceptors (Lipinski definition) is 11. The molecule has 1 N–H and O–H groups in total. The minimum atomic E-state index is -4.32. The van der Waals surface area contributed by atoms with Crippen molar-refractivity contribution in [3.05, 3.63) is 71.8 Å². The van der Waals surface area contributed by atoms with Crippen molar-refractivity contribution in [3.8, 4) is 0 Å². The lowest BCUT2D eigenvalue weighted by atomic mass is 9.88. The highest BCUT2D eigenvalue weighted by Crippen LogP contribution is 2.57. The number of esters is 2. The Hall–Kier alpha value is -3.61. The number of carbonyl (C=O) groups excluding carboxylic acids is 4. The molecule has 2 aromatic rings. The van der Waals surface area contributed by atoms with E-state index in [1.54, 1.807) is 62.4 Å². The summed E-state index contributed by atoms with van der Waals surface area (Å²) in [7, 11) is -4.32. The topological polar surface area (TPSA) is 156 Å². The monoisotopic (exact) mass is 660 g/mol. The molecule has 4 rings (SSSR count). The highest BCUT2D eigenvalue weighted by Gasteiger charge is 2.60. The first kappa shape index (κ1) is 35.2. The van der Waals surface area contributed by atoms with Gasteiger partial charge in [0.1, 0.15) is 19.3 Å². The number of rotatable bonds is 17. The molecule has 0 saturated carbocycles. The number of ether oxygens (including phenoxy) is 4. The molecule has 2 aliphatic heterocycles. The van der Waals surface area contributed by atoms with Gasteiger partial charge in [-0.3, -0.25) is 18.9 Å². The first-order chi connectivity index (χ1) is 22.1. The van der Waals surface area contributed by atoms with Crippen molar-refractivity contribution in [2.75, 3.05) is 33.0 Å². The molecule has 2 heterocycles. The zero-order valence-corrected chi connectivity index (χ0v) is 27.1. The molecular formula is C32H41N2O11P. The van der Waals surface area contributed by atoms with Crippen LogP contribution >= 0.6 is 7.60 Å². The normalized spacial score (nSPS) is 19.6. The van der Waals surface area contributed by atoms with E-state index in [0.29, 0.717) is 5.56 Å². The molecule has 2 saturated heterocycles. The molecule has 2 aliphatic rings. The Balaban J connectivity index is 1.64. The van der Waals surface area contributed by atoms with Crippen molar-refractivity contribution in [1.29, 1.82) is 0 Å². The van der Waals surface area contributed by atoms with Crippen molar-refractivity contribution in [3.63, 3.8) is 0 Å². The van der Waals surface area contributed by atoms with E-state index in [1.807, 2.05) is 12.1 Å². The number of β-lactam (4-membered cyclic amide) rings is 1. The Bertz CT molecular complexity index is 1370. The Labute approximate surface area is 268 Å². The van der Waals surface area contributed by atoms with Crippen LogP contribution in [0.15, 0.2) is 60.7 Å². The number of likely N-dealkylation sites (tertiary alicyclic amines) is 1. The van der Waals surface area contributed by atoms with E-state index in [9.17, 15) is 23.7 Å². The molecule has 2 amide bonds. The van der Waals surface area contributed by atoms with E-state index in [1.165, 1.54) is 6.92 Å². The Morgan fingerprint density at radius 1 is 0.957 bits per heavy atom. The van der Waals surface area contributed by atoms with Crippen molar-refractivity contribution >= 4 is 31.3 Å². The van der Waals surface area contributed by atoms with Crippen molar-refractivity contribution in [2.45, 2.75) is 70.3 Å². The number of nitrogens with zero attached hydrogens (tertiary/aromatic N) is 1. The minimum Gasteiger partial charge on any atom is -0.460 e. The van der Waals surface area contributed by atoms with Crippen LogP contribution in [0.5, 0.6) is 0 Å². The largest absolute Gasteiger partial charge is 0.460 e. The van der Waals surface area contributed by atoms with Gasteiger partial charge >= 0.3 is 19.5 Å². The van der Waals surface area contributed by atoms with Crippen LogP contribution in [0.4, 0.5) is 0 Å². The second-order valence-electron chi connectivity index (χ2n) is 10.8. The summed E-state index contributed by atoms with van der Waals surface area (Å²) < 4.78 is 47.8. The maximum absolute atomic E-state index is 14.2. The summed E-state index contributed by atoms with van der Waals surface area (Å²) in [5.41, 5.74) is 1.42. The van der Waals surface area contributed by atoms with Gasteiger partial charge in [0.05, 0.1) is 38.9 Å². The lowest BCUT2D eigenvalue weighted by molar-refractivity contribution is -0.205. The van der Waals surface area contributed by atoms with Crippen LogP contribution in [0.1, 0.15) is 44.7 Å². The van der Waals surface area contributed by atoms with E-state index in [4.69, 9.17) is 28.0 Å². The Morgan fingerprint density at radius 3 is 2.11 bits per heavy atom. The second-order valence-corrected chi connectivity index (χ2v) is 12.9. The predicted octanol–water partition coefficient (Wildman–Crippen LogP) is 3.35. The van der Waals surface area contributed by atoms with Gasteiger partial charge in [0.2, 0.25) is 23.4 Å². The van der Waals surface area contributed by atoms with Crippen LogP contribution in [-0.4, -0.2) is 85.3 Å². The maximum Gasteiger partial charge on any atom is 0.364 e. The van der Waals surface area contributed by atoms with Crippen LogP contribution in [0.3, 0.4) is 0 Å². The molecule has 2 aromatic carbocycles. The first-order valence-electron chi connectivity index (χ1n) is 15.3. The number of benzene rings is 2. The van der Waals surface area contributed by atoms with Crippen molar-refractivity contribution < 1.29 is 51.7 Å². The molecule has 46 heavy (non-hydrogen) atoms. The minimum absolute atomic E-state index is 0.0128. The van der Waals surface area contributed by atoms with Gasteiger partial charge in [0, 0.05) is 13.3 Å². The first-order valence-corrected chi connectivity index (χ1v) is 16.9. The van der Waals surface area contributed by atoms with Crippen LogP contribution < -0.4 is 5.32 Å². The lowest BCUT2D eigenvalue weighted by Gasteiger charge is -2.51. The number of amides is 2. The highest BCUT2D eigenvalue weighted by molar-refractivity contribution is 7.55. The van der Waals surface area contributed by atoms with Crippen molar-refractivity contribution in [1.82, 2.24) is 10.2 Å². The summed E-state index contributed by atoms with van der Waals surface area (Å²) in [6, 6.07) is 15.9. The third-order valence-corrected chi connectivity index (χ3v) is 9.83. The fourth-order valence-corrected chi connectivity index (χ4v) is 7.45. The van der Waals surface area contributed by atoms with E-state index >= 15 is 0 Å². The third-order valence-electron chi connectivity index (χ3n) is 7.53. The molecule has 250 valence electrons. The van der Waals surface area contributed by atoms with Gasteiger partial charge in [-0.25, -0.2) is 4.79 Å². The maximum atomic E-state index is 14.2. The quantitative estimate of drug-likeness (QED) is 0.151. The molecule has 3 atom stereocenters. The van der Waals surface area contributed by atoms with E-state index in [0.717, 1.165) is 10.5 Å². The molecule has 14 heteroatoms. The van der Waals surface area contributed by atoms with Gasteiger partial charge in [-0.2, -0.15) is 0 Å². The zero-order chi connectivity index (χ0) is 33.2. The van der Waals surface area contributed by atoms with Gasteiger partial charge in [0.15, 0.2) is 0 Å². The molecule has 0 unspecified atom stereocenters. The number of carbonyl (C=O) groups is 4. The van der Waals surface area contributed by atoms with Gasteiger partial charge < -0.3 is 38.2 Å². The van der Waals surface area contributed by atoms with E-state index < -0.39 is 55.0 Å². The van der Waals surface area contributed by atoms with Crippen LogP contribution in [0.2, 0.25) is 0 Å². The summed E-state index contributed by atoms with van der Waals surface area (Å²) in [6.45, 7) is 4.46. The van der Waals surface area contributed by atoms with Gasteiger partial charge in [0.25, 0.3) is 0 Å². The summed E-state index contributed by atoms with van der Waals surface area (Å²) in [4.78, 5) is 53.4. The lowest BCUT2D eigenvalue weighted by Crippen LogP contribution is -2.74. The average Bonchev–Trinajstić information content (AvgIpc) is 3.51. The highest BCUT2D eigenvalue weighted by atomic mass is 31.2. The smallest absolute Gasteiger partial charge is 0.364 e. The van der Waals surface area contributed by atoms with Gasteiger partial charge in [-0.1, -0.05) is 60.7 Å². The van der Waals surface area contributed by atoms with Crippen LogP contribution in [-0.2, 0) is 64.8 Å². The molecule has 0 spiro atoms. The molecular weight excluding hydrogens is 619 g/mol. The average molecular weight is 661 g/mol. The molecule has 0 aromatic heterocycles.